The average molecular weight is 317 g/mol. The maximum Gasteiger partial charge on any atom is 0.390 e. The van der Waals surface area contributed by atoms with E-state index >= 15 is 0 Å². The fourth-order valence-electron chi connectivity index (χ4n) is 1.82. The van der Waals surface area contributed by atoms with Gasteiger partial charge in [0.05, 0.1) is 13.0 Å². The van der Waals surface area contributed by atoms with Crippen molar-refractivity contribution in [3.63, 3.8) is 0 Å². The van der Waals surface area contributed by atoms with Gasteiger partial charge in [-0.3, -0.25) is 4.99 Å². The van der Waals surface area contributed by atoms with Gasteiger partial charge in [-0.2, -0.15) is 13.2 Å². The first-order valence-electron chi connectivity index (χ1n) is 7.13. The second-order valence-corrected chi connectivity index (χ2v) is 4.65. The van der Waals surface area contributed by atoms with Gasteiger partial charge in [0.25, 0.3) is 0 Å². The lowest BCUT2D eigenvalue weighted by molar-refractivity contribution is -0.132. The molecule has 0 heterocycles. The minimum atomic E-state index is -4.18. The van der Waals surface area contributed by atoms with Gasteiger partial charge in [0, 0.05) is 20.2 Å². The van der Waals surface area contributed by atoms with Crippen LogP contribution in [0.3, 0.4) is 0 Å². The lowest BCUT2D eigenvalue weighted by atomic mass is 10.1. The highest BCUT2D eigenvalue weighted by Gasteiger charge is 2.26. The molecule has 1 aromatic rings. The number of methoxy groups -OCH3 is 1. The van der Waals surface area contributed by atoms with Crippen molar-refractivity contribution in [3.8, 4) is 0 Å². The molecule has 0 saturated heterocycles. The Kier molecular flexibility index (Phi) is 7.73. The predicted octanol–water partition coefficient (Wildman–Crippen LogP) is 2.88. The molecule has 0 aliphatic carbocycles. The van der Waals surface area contributed by atoms with E-state index in [1.807, 2.05) is 37.3 Å². The van der Waals surface area contributed by atoms with Gasteiger partial charge in [-0.25, -0.2) is 0 Å². The fraction of sp³-hybridized carbons (Fsp3) is 0.533. The molecular weight excluding hydrogens is 295 g/mol. The molecule has 2 N–H and O–H groups in total. The van der Waals surface area contributed by atoms with E-state index in [0.717, 1.165) is 5.56 Å². The number of hydrogen-bond acceptors (Lipinski definition) is 2. The third-order valence-corrected chi connectivity index (χ3v) is 2.92. The maximum atomic E-state index is 12.2. The SMILES string of the molecule is CCNC(=NCC(OC)c1ccccc1)NCCC(F)(F)F. The summed E-state index contributed by atoms with van der Waals surface area (Å²) in [5, 5.41) is 5.59. The molecule has 1 aromatic carbocycles. The van der Waals surface area contributed by atoms with Gasteiger partial charge >= 0.3 is 6.18 Å². The van der Waals surface area contributed by atoms with Crippen molar-refractivity contribution < 1.29 is 17.9 Å². The second-order valence-electron chi connectivity index (χ2n) is 4.65. The molecule has 7 heteroatoms. The number of hydrogen-bond donors (Lipinski definition) is 2. The van der Waals surface area contributed by atoms with Crippen LogP contribution in [0.2, 0.25) is 0 Å². The summed E-state index contributed by atoms with van der Waals surface area (Å²) in [4.78, 5) is 4.28. The van der Waals surface area contributed by atoms with Crippen LogP contribution in [-0.4, -0.2) is 38.9 Å². The van der Waals surface area contributed by atoms with E-state index in [1.165, 1.54) is 0 Å². The van der Waals surface area contributed by atoms with Crippen molar-refractivity contribution in [1.82, 2.24) is 10.6 Å². The van der Waals surface area contributed by atoms with Gasteiger partial charge in [0.2, 0.25) is 0 Å². The number of benzene rings is 1. The molecule has 0 aliphatic heterocycles. The van der Waals surface area contributed by atoms with Gasteiger partial charge in [-0.1, -0.05) is 30.3 Å². The normalized spacial score (nSPS) is 13.8. The van der Waals surface area contributed by atoms with Crippen LogP contribution in [0.15, 0.2) is 35.3 Å². The van der Waals surface area contributed by atoms with Crippen LogP contribution in [0.5, 0.6) is 0 Å². The summed E-state index contributed by atoms with van der Waals surface area (Å²) in [6.07, 6.45) is -5.31. The van der Waals surface area contributed by atoms with Crippen molar-refractivity contribution in [2.45, 2.75) is 25.6 Å². The molecule has 124 valence electrons. The molecular formula is C15H22F3N3O. The zero-order valence-corrected chi connectivity index (χ0v) is 12.8. The van der Waals surface area contributed by atoms with Crippen molar-refractivity contribution >= 4 is 5.96 Å². The van der Waals surface area contributed by atoms with Crippen LogP contribution in [0, 0.1) is 0 Å². The van der Waals surface area contributed by atoms with E-state index in [4.69, 9.17) is 4.74 Å². The van der Waals surface area contributed by atoms with Crippen LogP contribution < -0.4 is 10.6 Å². The van der Waals surface area contributed by atoms with Crippen LogP contribution in [0.1, 0.15) is 25.0 Å². The number of aliphatic imine (C=N–C) groups is 1. The number of alkyl halides is 3. The molecule has 0 aliphatic rings. The molecule has 0 fully saturated rings. The predicted molar refractivity (Wildman–Crippen MR) is 80.8 cm³/mol. The van der Waals surface area contributed by atoms with Crippen molar-refractivity contribution in [2.75, 3.05) is 26.7 Å². The molecule has 0 amide bonds. The Balaban J connectivity index is 2.60. The summed E-state index contributed by atoms with van der Waals surface area (Å²) >= 11 is 0. The van der Waals surface area contributed by atoms with E-state index in [9.17, 15) is 13.2 Å². The molecule has 0 spiro atoms. The zero-order chi connectivity index (χ0) is 16.4. The van der Waals surface area contributed by atoms with Gasteiger partial charge < -0.3 is 15.4 Å². The average Bonchev–Trinajstić information content (AvgIpc) is 2.47. The van der Waals surface area contributed by atoms with E-state index < -0.39 is 12.6 Å². The third-order valence-electron chi connectivity index (χ3n) is 2.92. The molecule has 0 saturated carbocycles. The summed E-state index contributed by atoms with van der Waals surface area (Å²) < 4.78 is 41.9. The Morgan fingerprint density at radius 1 is 1.23 bits per heavy atom. The summed E-state index contributed by atoms with van der Waals surface area (Å²) in [6, 6.07) is 9.55. The largest absolute Gasteiger partial charge is 0.390 e. The highest BCUT2D eigenvalue weighted by molar-refractivity contribution is 5.79. The van der Waals surface area contributed by atoms with Gasteiger partial charge in [0.1, 0.15) is 6.10 Å². The number of nitrogens with zero attached hydrogens (tertiary/aromatic N) is 1. The van der Waals surface area contributed by atoms with E-state index in [0.29, 0.717) is 19.0 Å². The zero-order valence-electron chi connectivity index (χ0n) is 12.8. The number of guanidine groups is 1. The summed E-state index contributed by atoms with van der Waals surface area (Å²) in [5.41, 5.74) is 0.972. The summed E-state index contributed by atoms with van der Waals surface area (Å²) in [5.74, 6) is 0.352. The smallest absolute Gasteiger partial charge is 0.375 e. The first kappa shape index (κ1) is 18.3. The first-order valence-corrected chi connectivity index (χ1v) is 7.13. The standard InChI is InChI=1S/C15H22F3N3O/c1-3-19-14(20-10-9-15(16,17)18)21-11-13(22-2)12-7-5-4-6-8-12/h4-8,13H,3,9-11H2,1-2H3,(H2,19,20,21). The molecule has 0 bridgehead atoms. The van der Waals surface area contributed by atoms with Gasteiger partial charge in [-0.05, 0) is 12.5 Å². The minimum absolute atomic E-state index is 0.210. The lowest BCUT2D eigenvalue weighted by Crippen LogP contribution is -2.39. The molecule has 4 nitrogen and oxygen atoms in total. The van der Waals surface area contributed by atoms with Gasteiger partial charge in [0.15, 0.2) is 5.96 Å². The van der Waals surface area contributed by atoms with Crippen LogP contribution in [0.25, 0.3) is 0 Å². The van der Waals surface area contributed by atoms with Crippen LogP contribution >= 0.6 is 0 Å². The Hall–Kier alpha value is -1.76. The number of rotatable bonds is 7. The van der Waals surface area contributed by atoms with E-state index in [2.05, 4.69) is 15.6 Å². The molecule has 1 unspecified atom stereocenters. The van der Waals surface area contributed by atoms with E-state index in [-0.39, 0.29) is 12.6 Å². The topological polar surface area (TPSA) is 45.7 Å². The van der Waals surface area contributed by atoms with Crippen molar-refractivity contribution in [1.29, 1.82) is 0 Å². The second kappa shape index (κ2) is 9.30. The van der Waals surface area contributed by atoms with Crippen LogP contribution in [0.4, 0.5) is 13.2 Å². The van der Waals surface area contributed by atoms with E-state index in [1.54, 1.807) is 7.11 Å². The third kappa shape index (κ3) is 7.31. The fourth-order valence-corrected chi connectivity index (χ4v) is 1.82. The number of nitrogens with one attached hydrogen (secondary N) is 2. The maximum absolute atomic E-state index is 12.2. The highest BCUT2D eigenvalue weighted by atomic mass is 19.4. The Morgan fingerprint density at radius 2 is 1.91 bits per heavy atom. The van der Waals surface area contributed by atoms with Gasteiger partial charge in [-0.15, -0.1) is 0 Å². The summed E-state index contributed by atoms with van der Waals surface area (Å²) in [7, 11) is 1.58. The lowest BCUT2D eigenvalue weighted by Gasteiger charge is -2.16. The quantitative estimate of drug-likeness (QED) is 0.600. The number of halogens is 3. The minimum Gasteiger partial charge on any atom is -0.375 e. The Labute approximate surface area is 128 Å². The first-order chi connectivity index (χ1) is 10.5. The Morgan fingerprint density at radius 3 is 2.45 bits per heavy atom. The number of ether oxygens (including phenoxy) is 1. The molecule has 1 rings (SSSR count). The Bertz CT molecular complexity index is 449. The highest BCUT2D eigenvalue weighted by Crippen LogP contribution is 2.18. The molecule has 0 aromatic heterocycles. The summed E-state index contributed by atoms with van der Waals surface area (Å²) in [6.45, 7) is 2.53. The van der Waals surface area contributed by atoms with Crippen molar-refractivity contribution in [3.05, 3.63) is 35.9 Å². The van der Waals surface area contributed by atoms with Crippen molar-refractivity contribution in [2.24, 2.45) is 4.99 Å². The monoisotopic (exact) mass is 317 g/mol. The molecule has 22 heavy (non-hydrogen) atoms. The van der Waals surface area contributed by atoms with Crippen LogP contribution in [-0.2, 0) is 4.74 Å². The molecule has 1 atom stereocenters. The molecule has 0 radical (unpaired) electrons.